The number of carbonyl (C=O) groups excluding carboxylic acids is 1. The summed E-state index contributed by atoms with van der Waals surface area (Å²) in [6.07, 6.45) is 0.921. The van der Waals surface area contributed by atoms with E-state index in [1.54, 1.807) is 14.2 Å². The maximum absolute atomic E-state index is 12.5. The lowest BCUT2D eigenvalue weighted by atomic mass is 9.80. The summed E-state index contributed by atoms with van der Waals surface area (Å²) < 4.78 is 10.7. The second-order valence-electron chi connectivity index (χ2n) is 7.95. The van der Waals surface area contributed by atoms with Crippen LogP contribution in [0.1, 0.15) is 44.4 Å². The van der Waals surface area contributed by atoms with Crippen LogP contribution in [0.25, 0.3) is 0 Å². The molecule has 1 fully saturated rings. The molecule has 1 amide bonds. The van der Waals surface area contributed by atoms with Gasteiger partial charge >= 0.3 is 0 Å². The molecule has 1 aliphatic rings. The Labute approximate surface area is 169 Å². The molecule has 154 valence electrons. The van der Waals surface area contributed by atoms with Gasteiger partial charge in [0.15, 0.2) is 11.5 Å². The van der Waals surface area contributed by atoms with Gasteiger partial charge in [0.2, 0.25) is 5.91 Å². The number of nitrogens with two attached hydrogens (primary N) is 1. The molecular weight excluding hydrogens is 366 g/mol. The Morgan fingerprint density at radius 3 is 2.48 bits per heavy atom. The first-order valence-electron chi connectivity index (χ1n) is 9.17. The zero-order valence-electron chi connectivity index (χ0n) is 17.3. The molecule has 0 aromatic heterocycles. The van der Waals surface area contributed by atoms with Crippen molar-refractivity contribution in [3.63, 3.8) is 0 Å². The quantitative estimate of drug-likeness (QED) is 0.769. The number of nitrogens with zero attached hydrogens (tertiary/aromatic N) is 1. The van der Waals surface area contributed by atoms with Gasteiger partial charge in [-0.15, -0.1) is 12.4 Å². The molecule has 0 radical (unpaired) electrons. The number of nitrogens with one attached hydrogen (secondary N) is 1. The second kappa shape index (κ2) is 9.62. The highest BCUT2D eigenvalue weighted by Gasteiger charge is 2.34. The van der Waals surface area contributed by atoms with Crippen molar-refractivity contribution in [3.05, 3.63) is 23.3 Å². The summed E-state index contributed by atoms with van der Waals surface area (Å²) in [7, 11) is 3.23. The average Bonchev–Trinajstić information content (AvgIpc) is 2.57. The van der Waals surface area contributed by atoms with Gasteiger partial charge in [0.05, 0.1) is 26.8 Å². The molecule has 0 bridgehead atoms. The van der Waals surface area contributed by atoms with Crippen LogP contribution in [0, 0.1) is 12.3 Å². The van der Waals surface area contributed by atoms with Crippen LogP contribution in [-0.4, -0.2) is 50.7 Å². The minimum atomic E-state index is -0.109. The van der Waals surface area contributed by atoms with Crippen LogP contribution in [0.3, 0.4) is 0 Å². The lowest BCUT2D eigenvalue weighted by Gasteiger charge is -2.42. The molecule has 1 aliphatic heterocycles. The summed E-state index contributed by atoms with van der Waals surface area (Å²) in [6, 6.07) is 3.95. The summed E-state index contributed by atoms with van der Waals surface area (Å²) in [6.45, 7) is 10.4. The van der Waals surface area contributed by atoms with Crippen molar-refractivity contribution in [2.24, 2.45) is 11.1 Å². The molecule has 0 spiro atoms. The van der Waals surface area contributed by atoms with Crippen molar-refractivity contribution < 1.29 is 14.3 Å². The van der Waals surface area contributed by atoms with E-state index in [-0.39, 0.29) is 35.8 Å². The third kappa shape index (κ3) is 5.74. The van der Waals surface area contributed by atoms with Crippen molar-refractivity contribution in [3.8, 4) is 11.5 Å². The van der Waals surface area contributed by atoms with Gasteiger partial charge in [0.1, 0.15) is 0 Å². The zero-order chi connectivity index (χ0) is 19.5. The summed E-state index contributed by atoms with van der Waals surface area (Å²) in [5.41, 5.74) is 8.29. The highest BCUT2D eigenvalue weighted by molar-refractivity contribution is 5.85. The van der Waals surface area contributed by atoms with Gasteiger partial charge in [-0.25, -0.2) is 0 Å². The van der Waals surface area contributed by atoms with Crippen LogP contribution in [-0.2, 0) is 4.79 Å². The topological polar surface area (TPSA) is 76.8 Å². The Morgan fingerprint density at radius 1 is 1.33 bits per heavy atom. The molecular formula is C20H34ClN3O3. The molecule has 6 nitrogen and oxygen atoms in total. The summed E-state index contributed by atoms with van der Waals surface area (Å²) in [5.74, 6) is 1.39. The number of halogens is 1. The molecule has 2 atom stereocenters. The number of rotatable bonds is 6. The van der Waals surface area contributed by atoms with Crippen LogP contribution in [0.4, 0.5) is 0 Å². The SMILES string of the molecule is COc1cc(C)c(C(C)NC(=O)CN2CCC(N)C(C)(C)C2)cc1OC.Cl. The predicted molar refractivity (Wildman–Crippen MR) is 111 cm³/mol. The number of hydrogen-bond donors (Lipinski definition) is 2. The van der Waals surface area contributed by atoms with Gasteiger partial charge in [-0.2, -0.15) is 0 Å². The van der Waals surface area contributed by atoms with E-state index in [0.29, 0.717) is 18.0 Å². The van der Waals surface area contributed by atoms with Gasteiger partial charge in [-0.05, 0) is 48.9 Å². The van der Waals surface area contributed by atoms with E-state index in [4.69, 9.17) is 15.2 Å². The number of methoxy groups -OCH3 is 2. The van der Waals surface area contributed by atoms with Gasteiger partial charge in [0, 0.05) is 19.1 Å². The van der Waals surface area contributed by atoms with E-state index >= 15 is 0 Å². The summed E-state index contributed by atoms with van der Waals surface area (Å²) in [5, 5.41) is 3.10. The number of aryl methyl sites for hydroxylation is 1. The van der Waals surface area contributed by atoms with Crippen LogP contribution in [0.5, 0.6) is 11.5 Å². The van der Waals surface area contributed by atoms with Crippen molar-refractivity contribution in [2.45, 2.75) is 46.2 Å². The number of amides is 1. The molecule has 0 aliphatic carbocycles. The van der Waals surface area contributed by atoms with Crippen molar-refractivity contribution in [1.29, 1.82) is 0 Å². The monoisotopic (exact) mass is 399 g/mol. The number of likely N-dealkylation sites (tertiary alicyclic amines) is 1. The zero-order valence-corrected chi connectivity index (χ0v) is 18.1. The van der Waals surface area contributed by atoms with Crippen molar-refractivity contribution in [1.82, 2.24) is 10.2 Å². The Morgan fingerprint density at radius 2 is 1.93 bits per heavy atom. The Hall–Kier alpha value is -1.50. The average molecular weight is 400 g/mol. The summed E-state index contributed by atoms with van der Waals surface area (Å²) in [4.78, 5) is 14.7. The van der Waals surface area contributed by atoms with Gasteiger partial charge < -0.3 is 20.5 Å². The highest BCUT2D eigenvalue weighted by atomic mass is 35.5. The van der Waals surface area contributed by atoms with E-state index in [2.05, 4.69) is 24.1 Å². The van der Waals surface area contributed by atoms with Crippen LogP contribution in [0.2, 0.25) is 0 Å². The van der Waals surface area contributed by atoms with Crippen molar-refractivity contribution in [2.75, 3.05) is 33.9 Å². The fraction of sp³-hybridized carbons (Fsp3) is 0.650. The second-order valence-corrected chi connectivity index (χ2v) is 7.95. The van der Waals surface area contributed by atoms with E-state index in [0.717, 1.165) is 30.6 Å². The number of carbonyl (C=O) groups is 1. The van der Waals surface area contributed by atoms with Crippen molar-refractivity contribution >= 4 is 18.3 Å². The molecule has 1 aromatic carbocycles. The molecule has 3 N–H and O–H groups in total. The van der Waals surface area contributed by atoms with Crippen LogP contribution >= 0.6 is 12.4 Å². The molecule has 2 rings (SSSR count). The fourth-order valence-electron chi connectivity index (χ4n) is 3.65. The number of hydrogen-bond acceptors (Lipinski definition) is 5. The van der Waals surface area contributed by atoms with E-state index in [1.807, 2.05) is 26.0 Å². The first-order chi connectivity index (χ1) is 12.2. The maximum Gasteiger partial charge on any atom is 0.234 e. The maximum atomic E-state index is 12.5. The minimum Gasteiger partial charge on any atom is -0.493 e. The smallest absolute Gasteiger partial charge is 0.234 e. The molecule has 27 heavy (non-hydrogen) atoms. The first-order valence-corrected chi connectivity index (χ1v) is 9.17. The normalized spacial score (nSPS) is 20.3. The minimum absolute atomic E-state index is 0. The number of piperidine rings is 1. The molecule has 7 heteroatoms. The standard InChI is InChI=1S/C20H33N3O3.ClH/c1-13-9-16(25-5)17(26-6)10-15(13)14(2)22-19(24)11-23-8-7-18(21)20(3,4)12-23;/h9-10,14,18H,7-8,11-12,21H2,1-6H3,(H,22,24);1H. The van der Waals surface area contributed by atoms with E-state index < -0.39 is 0 Å². The van der Waals surface area contributed by atoms with Gasteiger partial charge in [-0.1, -0.05) is 13.8 Å². The van der Waals surface area contributed by atoms with Crippen LogP contribution < -0.4 is 20.5 Å². The molecule has 0 saturated carbocycles. The van der Waals surface area contributed by atoms with E-state index in [9.17, 15) is 4.79 Å². The molecule has 1 aromatic rings. The Kier molecular flexibility index (Phi) is 8.39. The summed E-state index contributed by atoms with van der Waals surface area (Å²) >= 11 is 0. The third-order valence-electron chi connectivity index (χ3n) is 5.37. The first kappa shape index (κ1) is 23.5. The third-order valence-corrected chi connectivity index (χ3v) is 5.37. The Bertz CT molecular complexity index is 652. The lowest BCUT2D eigenvalue weighted by Crippen LogP contribution is -2.54. The van der Waals surface area contributed by atoms with Crippen LogP contribution in [0.15, 0.2) is 12.1 Å². The van der Waals surface area contributed by atoms with Gasteiger partial charge in [0.25, 0.3) is 0 Å². The highest BCUT2D eigenvalue weighted by Crippen LogP contribution is 2.33. The van der Waals surface area contributed by atoms with Gasteiger partial charge in [-0.3, -0.25) is 9.69 Å². The number of ether oxygens (including phenoxy) is 2. The molecule has 1 heterocycles. The fourth-order valence-corrected chi connectivity index (χ4v) is 3.65. The lowest BCUT2D eigenvalue weighted by molar-refractivity contribution is -0.123. The van der Waals surface area contributed by atoms with E-state index in [1.165, 1.54) is 0 Å². The molecule has 1 saturated heterocycles. The molecule has 2 unspecified atom stereocenters. The largest absolute Gasteiger partial charge is 0.493 e. The number of benzene rings is 1. The Balaban J connectivity index is 0.00000364. The predicted octanol–water partition coefficient (Wildman–Crippen LogP) is 2.67.